The van der Waals surface area contributed by atoms with Gasteiger partial charge in [0.15, 0.2) is 6.10 Å². The van der Waals surface area contributed by atoms with Gasteiger partial charge in [0.05, 0.1) is 12.2 Å². The van der Waals surface area contributed by atoms with Crippen molar-refractivity contribution in [2.75, 3.05) is 10.2 Å². The number of anilines is 2. The third-order valence-corrected chi connectivity index (χ3v) is 5.26. The topological polar surface area (TPSA) is 58.6 Å². The number of nitrogens with zero attached hydrogens (tertiary/aromatic N) is 1. The molecule has 0 radical (unpaired) electrons. The number of rotatable bonds is 6. The lowest BCUT2D eigenvalue weighted by molar-refractivity contribution is -0.125. The van der Waals surface area contributed by atoms with Crippen LogP contribution < -0.4 is 15.0 Å². The summed E-state index contributed by atoms with van der Waals surface area (Å²) in [5.74, 6) is 0.449. The number of hydrogen-bond acceptors (Lipinski definition) is 3. The maximum atomic E-state index is 12.8. The Balaban J connectivity index is 1.90. The molecular formula is C22H25ClN2O3. The minimum Gasteiger partial charge on any atom is -0.479 e. The average Bonchev–Trinajstić information content (AvgIpc) is 2.67. The molecule has 0 aliphatic carbocycles. The number of halogens is 1. The van der Waals surface area contributed by atoms with E-state index in [1.54, 1.807) is 36.1 Å². The molecule has 148 valence electrons. The van der Waals surface area contributed by atoms with E-state index in [9.17, 15) is 9.59 Å². The van der Waals surface area contributed by atoms with Gasteiger partial charge in [-0.15, -0.1) is 0 Å². The minimum absolute atomic E-state index is 0.0113. The Morgan fingerprint density at radius 3 is 2.64 bits per heavy atom. The van der Waals surface area contributed by atoms with Crippen molar-refractivity contribution in [3.05, 3.63) is 53.1 Å². The number of fused-ring (bicyclic) bond motifs is 1. The number of carbonyl (C=O) groups excluding carboxylic acids is 2. The average molecular weight is 401 g/mol. The van der Waals surface area contributed by atoms with Crippen LogP contribution in [0.25, 0.3) is 0 Å². The highest BCUT2D eigenvalue weighted by Crippen LogP contribution is 2.37. The molecule has 3 rings (SSSR count). The van der Waals surface area contributed by atoms with Gasteiger partial charge in [-0.2, -0.15) is 0 Å². The van der Waals surface area contributed by atoms with Crippen molar-refractivity contribution >= 4 is 34.8 Å². The first-order valence-corrected chi connectivity index (χ1v) is 9.98. The van der Waals surface area contributed by atoms with Crippen LogP contribution in [0.15, 0.2) is 42.5 Å². The Hall–Kier alpha value is -2.53. The third-order valence-electron chi connectivity index (χ3n) is 5.02. The monoisotopic (exact) mass is 400 g/mol. The van der Waals surface area contributed by atoms with Gasteiger partial charge in [0.25, 0.3) is 5.91 Å². The van der Waals surface area contributed by atoms with Crippen LogP contribution in [0.4, 0.5) is 11.4 Å². The Bertz CT molecular complexity index is 880. The van der Waals surface area contributed by atoms with E-state index in [4.69, 9.17) is 16.3 Å². The van der Waals surface area contributed by atoms with E-state index in [1.165, 1.54) is 0 Å². The maximum Gasteiger partial charge on any atom is 0.268 e. The zero-order valence-electron chi connectivity index (χ0n) is 16.4. The molecule has 1 N–H and O–H groups in total. The zero-order chi connectivity index (χ0) is 20.3. The first-order chi connectivity index (χ1) is 13.4. The van der Waals surface area contributed by atoms with Crippen molar-refractivity contribution in [3.8, 4) is 5.75 Å². The van der Waals surface area contributed by atoms with Crippen LogP contribution in [-0.2, 0) is 16.1 Å². The summed E-state index contributed by atoms with van der Waals surface area (Å²) < 4.78 is 5.76. The fraction of sp³-hybridized carbons (Fsp3) is 0.364. The molecule has 6 heteroatoms. The number of benzene rings is 2. The fourth-order valence-corrected chi connectivity index (χ4v) is 3.58. The Kier molecular flexibility index (Phi) is 6.25. The summed E-state index contributed by atoms with van der Waals surface area (Å²) in [6.07, 6.45) is 0.997. The normalized spacial score (nSPS) is 16.0. The summed E-state index contributed by atoms with van der Waals surface area (Å²) in [7, 11) is 0. The number of amides is 2. The number of hydrogen-bond donors (Lipinski definition) is 1. The van der Waals surface area contributed by atoms with Crippen molar-refractivity contribution in [1.29, 1.82) is 0 Å². The van der Waals surface area contributed by atoms with E-state index in [0.29, 0.717) is 28.7 Å². The van der Waals surface area contributed by atoms with Crippen LogP contribution in [-0.4, -0.2) is 17.9 Å². The second-order valence-electron chi connectivity index (χ2n) is 7.00. The number of ether oxygens (including phenoxy) is 1. The first kappa shape index (κ1) is 20.2. The summed E-state index contributed by atoms with van der Waals surface area (Å²) >= 11 is 6.09. The van der Waals surface area contributed by atoms with Gasteiger partial charge >= 0.3 is 0 Å². The Morgan fingerprint density at radius 1 is 1.21 bits per heavy atom. The van der Waals surface area contributed by atoms with Crippen molar-refractivity contribution in [2.24, 2.45) is 5.92 Å². The molecule has 0 aromatic heterocycles. The van der Waals surface area contributed by atoms with E-state index in [2.05, 4.69) is 5.32 Å². The molecule has 0 spiro atoms. The van der Waals surface area contributed by atoms with Crippen LogP contribution in [0.3, 0.4) is 0 Å². The van der Waals surface area contributed by atoms with E-state index >= 15 is 0 Å². The molecule has 0 bridgehead atoms. The summed E-state index contributed by atoms with van der Waals surface area (Å²) in [6, 6.07) is 12.8. The molecule has 1 aliphatic rings. The maximum absolute atomic E-state index is 12.8. The molecule has 2 aromatic carbocycles. The van der Waals surface area contributed by atoms with Gasteiger partial charge < -0.3 is 15.0 Å². The second kappa shape index (κ2) is 8.65. The van der Waals surface area contributed by atoms with Crippen molar-refractivity contribution in [1.82, 2.24) is 0 Å². The smallest absolute Gasteiger partial charge is 0.268 e. The highest BCUT2D eigenvalue weighted by atomic mass is 35.5. The van der Waals surface area contributed by atoms with Gasteiger partial charge in [0.1, 0.15) is 5.75 Å². The highest BCUT2D eigenvalue weighted by Gasteiger charge is 2.32. The quantitative estimate of drug-likeness (QED) is 0.739. The molecule has 28 heavy (non-hydrogen) atoms. The number of carbonyl (C=O) groups is 2. The SMILES string of the molecule is CCC(CC)C(=O)Nc1ccc2c(c1)N(Cc1cccc(Cl)c1)C(=O)C(C)O2. The van der Waals surface area contributed by atoms with Crippen molar-refractivity contribution < 1.29 is 14.3 Å². The predicted molar refractivity (Wildman–Crippen MR) is 112 cm³/mol. The predicted octanol–water partition coefficient (Wildman–Crippen LogP) is 5.03. The van der Waals surface area contributed by atoms with Gasteiger partial charge in [-0.05, 0) is 55.7 Å². The second-order valence-corrected chi connectivity index (χ2v) is 7.44. The largest absolute Gasteiger partial charge is 0.479 e. The van der Waals surface area contributed by atoms with Crippen LogP contribution in [0.2, 0.25) is 5.02 Å². The zero-order valence-corrected chi connectivity index (χ0v) is 17.1. The molecule has 0 saturated heterocycles. The van der Waals surface area contributed by atoms with Crippen LogP contribution in [0.1, 0.15) is 39.2 Å². The molecule has 2 amide bonds. The van der Waals surface area contributed by atoms with E-state index in [0.717, 1.165) is 18.4 Å². The molecular weight excluding hydrogens is 376 g/mol. The fourth-order valence-electron chi connectivity index (χ4n) is 3.37. The van der Waals surface area contributed by atoms with Gasteiger partial charge in [-0.25, -0.2) is 0 Å². The highest BCUT2D eigenvalue weighted by molar-refractivity contribution is 6.30. The standard InChI is InChI=1S/C22H25ClN2O3/c1-4-16(5-2)21(26)24-18-9-10-20-19(12-18)25(22(27)14(3)28-20)13-15-7-6-8-17(23)11-15/h6-12,14,16H,4-5,13H2,1-3H3,(H,24,26). The van der Waals surface area contributed by atoms with Crippen molar-refractivity contribution in [2.45, 2.75) is 46.3 Å². The van der Waals surface area contributed by atoms with E-state index in [1.807, 2.05) is 32.0 Å². The van der Waals surface area contributed by atoms with Gasteiger partial charge in [0, 0.05) is 16.6 Å². The lowest BCUT2D eigenvalue weighted by Crippen LogP contribution is -2.44. The van der Waals surface area contributed by atoms with Gasteiger partial charge in [0.2, 0.25) is 5.91 Å². The van der Waals surface area contributed by atoms with Crippen LogP contribution >= 0.6 is 11.6 Å². The Morgan fingerprint density at radius 2 is 1.96 bits per heavy atom. The summed E-state index contributed by atoms with van der Waals surface area (Å²) in [6.45, 7) is 6.12. The molecule has 1 heterocycles. The minimum atomic E-state index is -0.573. The molecule has 1 aliphatic heterocycles. The summed E-state index contributed by atoms with van der Waals surface area (Å²) in [5.41, 5.74) is 2.22. The summed E-state index contributed by atoms with van der Waals surface area (Å²) in [5, 5.41) is 3.58. The number of nitrogens with one attached hydrogen (secondary N) is 1. The van der Waals surface area contributed by atoms with Crippen LogP contribution in [0.5, 0.6) is 5.75 Å². The first-order valence-electron chi connectivity index (χ1n) is 9.60. The van der Waals surface area contributed by atoms with Gasteiger partial charge in [-0.3, -0.25) is 9.59 Å². The Labute approximate surface area is 170 Å². The lowest BCUT2D eigenvalue weighted by Gasteiger charge is -2.33. The summed E-state index contributed by atoms with van der Waals surface area (Å²) in [4.78, 5) is 26.9. The molecule has 0 fully saturated rings. The molecule has 2 aromatic rings. The van der Waals surface area contributed by atoms with E-state index in [-0.39, 0.29) is 17.7 Å². The lowest BCUT2D eigenvalue weighted by atomic mass is 10.0. The van der Waals surface area contributed by atoms with Gasteiger partial charge in [-0.1, -0.05) is 37.6 Å². The molecule has 1 atom stereocenters. The molecule has 0 saturated carbocycles. The van der Waals surface area contributed by atoms with E-state index < -0.39 is 6.10 Å². The third kappa shape index (κ3) is 4.30. The molecule has 5 nitrogen and oxygen atoms in total. The molecule has 1 unspecified atom stereocenters. The van der Waals surface area contributed by atoms with Crippen molar-refractivity contribution in [3.63, 3.8) is 0 Å². The van der Waals surface area contributed by atoms with Crippen LogP contribution in [0, 0.1) is 5.92 Å².